The van der Waals surface area contributed by atoms with Gasteiger partial charge < -0.3 is 83.2 Å². The maximum absolute atomic E-state index is 15.4. The van der Waals surface area contributed by atoms with Crippen LogP contribution in [0, 0.1) is 34.3 Å². The second-order valence-corrected chi connectivity index (χ2v) is 40.1. The number of hydrogen-bond acceptors (Lipinski definition) is 26. The largest absolute Gasteiger partial charge is 1.00 e. The number of aliphatic hydroxyl groups is 5. The first kappa shape index (κ1) is 118. The molecule has 0 bridgehead atoms. The molecule has 129 heavy (non-hydrogen) atoms. The first-order valence-electron chi connectivity index (χ1n) is 40.0. The minimum atomic E-state index is -5.16. The molecule has 4 aliphatic heterocycles. The zero-order chi connectivity index (χ0) is 95.8. The van der Waals surface area contributed by atoms with E-state index < -0.39 is 204 Å². The summed E-state index contributed by atoms with van der Waals surface area (Å²) >= 11 is 0. The monoisotopic (exact) mass is 1920 g/mol. The van der Waals surface area contributed by atoms with Gasteiger partial charge >= 0.3 is 102 Å². The van der Waals surface area contributed by atoms with Crippen molar-refractivity contribution >= 4 is 93.4 Å². The normalized spacial score (nSPS) is 23.2. The number of hydrogen-bond donors (Lipinski definition) is 12. The van der Waals surface area contributed by atoms with Crippen LogP contribution in [-0.2, 0) is 79.4 Å². The van der Waals surface area contributed by atoms with E-state index in [-0.39, 0.29) is 123 Å². The number of nitrogens with two attached hydrogens (primary N) is 1. The van der Waals surface area contributed by atoms with Gasteiger partial charge in [0.1, 0.15) is 52.0 Å². The summed E-state index contributed by atoms with van der Waals surface area (Å²) in [5.74, 6) is -5.62. The van der Waals surface area contributed by atoms with Crippen LogP contribution in [0.5, 0.6) is 0 Å². The number of rotatable bonds is 23. The van der Waals surface area contributed by atoms with Crippen molar-refractivity contribution in [3.8, 4) is 0 Å². The Kier molecular flexibility index (Phi) is 44.0. The van der Waals surface area contributed by atoms with Crippen LogP contribution in [0.15, 0.2) is 85.5 Å². The van der Waals surface area contributed by atoms with Crippen LogP contribution in [-0.4, -0.2) is 243 Å². The van der Waals surface area contributed by atoms with E-state index in [4.69, 9.17) is 45.3 Å². The number of carbonyl (C=O) groups excluding carboxylic acids is 6. The number of anilines is 2. The number of carbonyl (C=O) groups is 8. The topological polar surface area (TPSA) is 508 Å². The summed E-state index contributed by atoms with van der Waals surface area (Å²) in [6.45, 7) is 20.4. The van der Waals surface area contributed by atoms with Crippen molar-refractivity contribution < 1.29 is 211 Å². The molecule has 6 heterocycles. The first-order valence-corrected chi connectivity index (χ1v) is 42.7. The summed E-state index contributed by atoms with van der Waals surface area (Å²) < 4.78 is 167. The molecule has 2 aliphatic carbocycles. The van der Waals surface area contributed by atoms with Crippen LogP contribution < -0.4 is 90.8 Å². The zero-order valence-corrected chi connectivity index (χ0v) is 81.6. The van der Waals surface area contributed by atoms with Crippen molar-refractivity contribution in [3.63, 3.8) is 0 Å². The van der Waals surface area contributed by atoms with E-state index in [0.717, 1.165) is 62.2 Å². The molecule has 4 aromatic rings. The molecule has 5 amide bonds. The second kappa shape index (κ2) is 48.0. The van der Waals surface area contributed by atoms with Gasteiger partial charge in [0.2, 0.25) is 11.8 Å². The fourth-order valence-electron chi connectivity index (χ4n) is 13.7. The summed E-state index contributed by atoms with van der Waals surface area (Å²) in [6, 6.07) is 10.3. The van der Waals surface area contributed by atoms with Gasteiger partial charge in [-0.1, -0.05) is 44.7 Å². The fraction of sp³-hybridized carbons (Fsp3) is 0.634. The van der Waals surface area contributed by atoms with Gasteiger partial charge in [-0.2, -0.15) is 34.8 Å². The van der Waals surface area contributed by atoms with E-state index in [1.165, 1.54) is 56.9 Å². The van der Waals surface area contributed by atoms with Crippen LogP contribution in [0.1, 0.15) is 198 Å². The van der Waals surface area contributed by atoms with Gasteiger partial charge in [-0.15, -0.1) is 12.4 Å². The number of nitrogens with zero attached hydrogens (tertiary/aromatic N) is 5. The number of halogens is 9. The number of aliphatic hydroxyl groups excluding tert-OH is 3. The Hall–Kier alpha value is -6.67. The molecule has 13 N–H and O–H groups in total. The molecule has 6 aliphatic rings. The van der Waals surface area contributed by atoms with Crippen LogP contribution in [0.25, 0.3) is 0 Å². The number of pyridine rings is 2. The van der Waals surface area contributed by atoms with E-state index in [1.54, 1.807) is 104 Å². The smallest absolute Gasteiger partial charge is 1.00 e. The number of likely N-dealkylation sites (tertiary alicyclic amines) is 3. The fourth-order valence-corrected chi connectivity index (χ4v) is 14.8. The summed E-state index contributed by atoms with van der Waals surface area (Å²) in [7, 11) is -4.22. The molecule has 34 nitrogen and oxygen atoms in total. The van der Waals surface area contributed by atoms with Crippen LogP contribution in [0.3, 0.4) is 0 Å². The average molecular weight is 1930 g/mol. The summed E-state index contributed by atoms with van der Waals surface area (Å²) in [5, 5.41) is 80.6. The molecular formula is C82H119ClF8N10Na2O24S2. The number of β-amino-alcohol motifs (C(OH)–C–C–N with tert-alkyl or cyclic N) is 2. The van der Waals surface area contributed by atoms with Crippen LogP contribution in [0.4, 0.5) is 60.9 Å². The third kappa shape index (κ3) is 34.6. The van der Waals surface area contributed by atoms with Crippen molar-refractivity contribution in [2.24, 2.45) is 28.4 Å². The molecule has 47 heteroatoms. The Bertz CT molecular complexity index is 4540. The molecular weight excluding hydrogens is 1810 g/mol. The number of nitrogens with one attached hydrogen (secondary N) is 4. The van der Waals surface area contributed by atoms with Gasteiger partial charge in [0.15, 0.2) is 11.5 Å². The molecule has 0 spiro atoms. The molecule has 718 valence electrons. The SMILES string of the molecule is CC(C)(C)OC(=O)N1C[C@@](O)(C(F)(F)F)C[C@@H]1C(=O)Nc1cc(C(CCC2CC2)(N[S@](=O)C(C)(C)C)c2ccncc2)ccc1F.CC(C)(C)OC(=O)N1C[C@](C)(CO)C[C@@H]1C(=O)O.CC(C)(C)OC(=O)N1C[C@](C)(O)C[C@@H]1C(=O)O.COS(=O)(=O)CO.Cl.NC(CCC1CC1)(c1ccncc1)c1ccc(F)c(NC(=O)[C@H]2C[C@](CO)(C(F)(F)F)CN2)c1.O=CO[O-].[H-].[Na+].[Na+]. The van der Waals surface area contributed by atoms with E-state index in [2.05, 4.69) is 39.7 Å². The molecule has 2 aromatic carbocycles. The minimum absolute atomic E-state index is 0. The van der Waals surface area contributed by atoms with Gasteiger partial charge in [-0.3, -0.25) is 43.2 Å². The minimum Gasteiger partial charge on any atom is -1.00 e. The number of aliphatic carboxylic acids is 2. The van der Waals surface area contributed by atoms with Crippen LogP contribution >= 0.6 is 12.4 Å². The molecule has 0 radical (unpaired) electrons. The van der Waals surface area contributed by atoms with Crippen molar-refractivity contribution in [3.05, 3.63) is 119 Å². The van der Waals surface area contributed by atoms with Crippen molar-refractivity contribution in [1.29, 1.82) is 0 Å². The Labute approximate surface area is 798 Å². The Morgan fingerprint density at radius 1 is 0.612 bits per heavy atom. The molecule has 2 unspecified atom stereocenters. The Morgan fingerprint density at radius 2 is 1.03 bits per heavy atom. The predicted octanol–water partition coefficient (Wildman–Crippen LogP) is 3.20. The predicted molar refractivity (Wildman–Crippen MR) is 446 cm³/mol. The quantitative estimate of drug-likeness (QED) is 0.00964. The zero-order valence-electron chi connectivity index (χ0n) is 76.2. The molecule has 6 fully saturated rings. The van der Waals surface area contributed by atoms with Crippen molar-refractivity contribution in [2.75, 3.05) is 63.1 Å². The number of carboxylic acids is 2. The molecule has 10 rings (SSSR count). The molecule has 2 saturated carbocycles. The van der Waals surface area contributed by atoms with Gasteiger partial charge in [0.25, 0.3) is 16.6 Å². The van der Waals surface area contributed by atoms with E-state index in [0.29, 0.717) is 46.3 Å². The molecule has 11 atom stereocenters. The van der Waals surface area contributed by atoms with E-state index in [1.807, 2.05) is 20.8 Å². The number of amides is 5. The Balaban J connectivity index is 0.000000879. The number of carboxylic acid groups (broad SMARTS) is 2. The summed E-state index contributed by atoms with van der Waals surface area (Å²) in [4.78, 5) is 107. The maximum atomic E-state index is 15.4. The van der Waals surface area contributed by atoms with Crippen molar-refractivity contribution in [2.45, 2.75) is 254 Å². The van der Waals surface area contributed by atoms with Gasteiger partial charge in [0, 0.05) is 56.1 Å². The van der Waals surface area contributed by atoms with Gasteiger partial charge in [-0.25, -0.2) is 41.7 Å². The third-order valence-electron chi connectivity index (χ3n) is 21.0. The third-order valence-corrected chi connectivity index (χ3v) is 23.5. The maximum Gasteiger partial charge on any atom is 1.00 e. The Morgan fingerprint density at radius 3 is 1.41 bits per heavy atom. The van der Waals surface area contributed by atoms with Gasteiger partial charge in [0.05, 0.1) is 83.2 Å². The van der Waals surface area contributed by atoms with E-state index in [9.17, 15) is 97.3 Å². The second-order valence-electron chi connectivity index (χ2n) is 36.4. The number of benzene rings is 2. The first-order chi connectivity index (χ1) is 57.9. The van der Waals surface area contributed by atoms with Crippen molar-refractivity contribution in [1.82, 2.24) is 34.7 Å². The standard InChI is InChI=1S/C32H42F4N4O5S.C24H28F4N4O2.C12H21NO5.C11H19NO5.C2H6O4S.CH2O3.ClH.2Na.H/c1-28(2,3)45-27(42)40-19-30(43,32(34,35)36)18-25(40)26(41)38-24-17-22(9-10-23(24)33)31(14-11-20-7-8-20,21-12-15-37-16-13-21)39-46(44)29(4,5)6;25-18-4-3-17(23(29,8-5-15-1-2-15)16-6-9-30-10-7-16)11-19(18)32-21(34)20-12-22(14-33,13-31-20)24(26,27)28;1-11(2,3)18-10(17)13-6-12(4,7-14)5-8(13)9(15)16;1-10(2,3)17-9(15)12-6-11(4,16)5-7(12)8(13)14;1-6-7(4,5)2-3;2-1-4-3;;;;/h9-10,12-13,15-17,20,25,39,43H,7-8,11,14,18-19H2,1-6H3,(H,38,41);3-4,6-7,9-11,15,20,31,33H,1-2,5,8,12-14,29H2,(H,32,34);8,14H,5-7H2,1-4H3,(H,15,16);7,16H,5-6H2,1-4H3,(H,13,14);3H,2H2,1H3;1,3H;1H;;;/q;;;;;;;2*+1;-1/p-1/t25-,30-,31?,46-;20-,22+,23?;8-,12-;7-,11-;;;;;;/m1111....../s1. The summed E-state index contributed by atoms with van der Waals surface area (Å²) in [6.07, 6.45) is -0.414. The van der Waals surface area contributed by atoms with Gasteiger partial charge in [-0.05, 0) is 211 Å². The summed E-state index contributed by atoms with van der Waals surface area (Å²) in [5.41, 5.74) is -3.22. The number of alkyl halides is 6. The molecule has 2 aromatic heterocycles. The molecule has 4 saturated heterocycles. The van der Waals surface area contributed by atoms with Crippen LogP contribution in [0.2, 0.25) is 0 Å². The average Bonchev–Trinajstić information content (AvgIpc) is 1.73. The number of aromatic nitrogens is 2. The van der Waals surface area contributed by atoms with E-state index >= 15 is 4.39 Å². The number of ether oxygens (including phenoxy) is 3.